The molecule has 1 saturated heterocycles. The Morgan fingerprint density at radius 3 is 2.65 bits per heavy atom. The minimum absolute atomic E-state index is 0.151. The van der Waals surface area contributed by atoms with Crippen molar-refractivity contribution in [1.29, 1.82) is 0 Å². The molecular weight excluding hydrogens is 260 g/mol. The van der Waals surface area contributed by atoms with Crippen LogP contribution in [0.3, 0.4) is 0 Å². The molecule has 0 unspecified atom stereocenters. The molecule has 0 aromatic heterocycles. The highest BCUT2D eigenvalue weighted by molar-refractivity contribution is 5.69. The Morgan fingerprint density at radius 2 is 2.10 bits per heavy atom. The maximum absolute atomic E-state index is 11.8. The van der Waals surface area contributed by atoms with Crippen molar-refractivity contribution in [2.24, 2.45) is 0 Å². The van der Waals surface area contributed by atoms with Crippen LogP contribution < -0.4 is 10.6 Å². The molecule has 0 aliphatic carbocycles. The molecule has 1 aliphatic heterocycles. The Labute approximate surface area is 117 Å². The van der Waals surface area contributed by atoms with Gasteiger partial charge in [-0.05, 0) is 32.4 Å². The summed E-state index contributed by atoms with van der Waals surface area (Å²) in [5.74, 6) is -0.102. The molecule has 1 amide bonds. The molecule has 6 heteroatoms. The van der Waals surface area contributed by atoms with Crippen molar-refractivity contribution in [2.75, 3.05) is 18.6 Å². The lowest BCUT2D eigenvalue weighted by molar-refractivity contribution is -0.267. The number of carbonyl (C=O) groups excluding carboxylic acids is 1. The van der Waals surface area contributed by atoms with E-state index in [1.165, 1.54) is 6.07 Å². The smallest absolute Gasteiger partial charge is 0.410 e. The molecule has 20 heavy (non-hydrogen) atoms. The summed E-state index contributed by atoms with van der Waals surface area (Å²) in [6.45, 7) is 6.59. The first-order valence-electron chi connectivity index (χ1n) is 6.49. The Bertz CT molecular complexity index is 504. The van der Waals surface area contributed by atoms with Crippen molar-refractivity contribution in [3.63, 3.8) is 0 Å². The number of anilines is 1. The van der Waals surface area contributed by atoms with Crippen LogP contribution >= 0.6 is 0 Å². The van der Waals surface area contributed by atoms with Crippen molar-refractivity contribution < 1.29 is 19.8 Å². The molecule has 6 nitrogen and oxygen atoms in total. The first-order valence-corrected chi connectivity index (χ1v) is 6.49. The number of nitrogens with zero attached hydrogens (tertiary/aromatic N) is 1. The molecule has 1 aromatic rings. The van der Waals surface area contributed by atoms with Gasteiger partial charge in [-0.25, -0.2) is 4.79 Å². The van der Waals surface area contributed by atoms with Gasteiger partial charge in [-0.3, -0.25) is 10.7 Å². The van der Waals surface area contributed by atoms with Crippen LogP contribution in [0.15, 0.2) is 18.2 Å². The van der Waals surface area contributed by atoms with E-state index in [-0.39, 0.29) is 23.4 Å². The van der Waals surface area contributed by atoms with E-state index in [1.54, 1.807) is 17.0 Å². The zero-order chi connectivity index (χ0) is 14.9. The first-order chi connectivity index (χ1) is 9.30. The summed E-state index contributed by atoms with van der Waals surface area (Å²) in [6, 6.07) is 4.74. The molecule has 1 aliphatic rings. The van der Waals surface area contributed by atoms with Crippen LogP contribution in [0.2, 0.25) is 0 Å². The monoisotopic (exact) mass is 279 g/mol. The first kappa shape index (κ1) is 14.5. The predicted octanol–water partition coefficient (Wildman–Crippen LogP) is 1.90. The van der Waals surface area contributed by atoms with Gasteiger partial charge in [-0.1, -0.05) is 17.9 Å². The van der Waals surface area contributed by atoms with E-state index in [4.69, 9.17) is 9.94 Å². The third-order valence-electron chi connectivity index (χ3n) is 3.13. The third-order valence-corrected chi connectivity index (χ3v) is 3.13. The fourth-order valence-electron chi connectivity index (χ4n) is 2.05. The van der Waals surface area contributed by atoms with Crippen LogP contribution in [0.25, 0.3) is 0 Å². The molecule has 0 saturated carbocycles. The minimum Gasteiger partial charge on any atom is -0.871 e. The normalized spacial score (nSPS) is 15.7. The maximum Gasteiger partial charge on any atom is 0.410 e. The molecular formula is C14H19N2O4-. The summed E-state index contributed by atoms with van der Waals surface area (Å²) in [4.78, 5) is 13.4. The molecule has 0 spiro atoms. The van der Waals surface area contributed by atoms with Crippen molar-refractivity contribution >= 4 is 11.8 Å². The number of amides is 1. The van der Waals surface area contributed by atoms with Crippen molar-refractivity contribution in [3.05, 3.63) is 23.8 Å². The second-order valence-corrected chi connectivity index (χ2v) is 5.95. The molecule has 2 N–H and O–H groups in total. The average molecular weight is 279 g/mol. The van der Waals surface area contributed by atoms with Crippen molar-refractivity contribution in [2.45, 2.75) is 32.3 Å². The van der Waals surface area contributed by atoms with Crippen LogP contribution in [0.4, 0.5) is 10.5 Å². The number of benzene rings is 1. The number of hydrogen-bond donors (Lipinski definition) is 2. The van der Waals surface area contributed by atoms with E-state index >= 15 is 0 Å². The van der Waals surface area contributed by atoms with Gasteiger partial charge in [0, 0.05) is 19.0 Å². The number of ether oxygens (including phenoxy) is 1. The number of hydrogen-bond acceptors (Lipinski definition) is 5. The predicted molar refractivity (Wildman–Crippen MR) is 71.8 cm³/mol. The third kappa shape index (κ3) is 3.14. The summed E-state index contributed by atoms with van der Waals surface area (Å²) in [6.07, 6.45) is -0.324. The number of rotatable bonds is 2. The van der Waals surface area contributed by atoms with Gasteiger partial charge in [0.1, 0.15) is 5.60 Å². The van der Waals surface area contributed by atoms with Crippen LogP contribution in [0.5, 0.6) is 5.75 Å². The molecule has 0 bridgehead atoms. The summed E-state index contributed by atoms with van der Waals surface area (Å²) >= 11 is 0. The number of likely N-dealkylation sites (tertiary alicyclic amines) is 1. The van der Waals surface area contributed by atoms with E-state index in [1.807, 2.05) is 26.3 Å². The van der Waals surface area contributed by atoms with Gasteiger partial charge in [-0.2, -0.15) is 0 Å². The van der Waals surface area contributed by atoms with E-state index in [0.29, 0.717) is 13.1 Å². The second-order valence-electron chi connectivity index (χ2n) is 5.95. The van der Waals surface area contributed by atoms with E-state index in [0.717, 1.165) is 5.56 Å². The summed E-state index contributed by atoms with van der Waals surface area (Å²) in [7, 11) is 0. The molecule has 2 rings (SSSR count). The molecule has 1 heterocycles. The SMILES string of the molecule is CC(C)(C)OC(=O)N1CC(c2ccc([O-])c(NO)c2)C1. The fraction of sp³-hybridized carbons (Fsp3) is 0.500. The van der Waals surface area contributed by atoms with Crippen LogP contribution in [-0.4, -0.2) is 34.9 Å². The highest BCUT2D eigenvalue weighted by Gasteiger charge is 2.34. The van der Waals surface area contributed by atoms with Gasteiger partial charge >= 0.3 is 6.09 Å². The van der Waals surface area contributed by atoms with E-state index < -0.39 is 5.60 Å². The topological polar surface area (TPSA) is 84.9 Å². The van der Waals surface area contributed by atoms with Crippen molar-refractivity contribution in [1.82, 2.24) is 4.90 Å². The van der Waals surface area contributed by atoms with Crippen molar-refractivity contribution in [3.8, 4) is 5.75 Å². The van der Waals surface area contributed by atoms with E-state index in [2.05, 4.69) is 0 Å². The average Bonchev–Trinajstić information content (AvgIpc) is 2.26. The zero-order valence-electron chi connectivity index (χ0n) is 11.8. The van der Waals surface area contributed by atoms with Gasteiger partial charge in [0.2, 0.25) is 0 Å². The Morgan fingerprint density at radius 1 is 1.45 bits per heavy atom. The van der Waals surface area contributed by atoms with Crippen LogP contribution in [0, 0.1) is 0 Å². The molecule has 0 atom stereocenters. The van der Waals surface area contributed by atoms with E-state index in [9.17, 15) is 9.90 Å². The summed E-state index contributed by atoms with van der Waals surface area (Å²) in [5.41, 5.74) is 2.46. The Balaban J connectivity index is 1.95. The fourth-order valence-corrected chi connectivity index (χ4v) is 2.05. The highest BCUT2D eigenvalue weighted by atomic mass is 16.6. The lowest BCUT2D eigenvalue weighted by Crippen LogP contribution is -2.50. The summed E-state index contributed by atoms with van der Waals surface area (Å²) in [5, 5.41) is 20.2. The lowest BCUT2D eigenvalue weighted by atomic mass is 9.91. The molecule has 0 radical (unpaired) electrons. The maximum atomic E-state index is 11.8. The lowest BCUT2D eigenvalue weighted by Gasteiger charge is -2.40. The quantitative estimate of drug-likeness (QED) is 0.808. The van der Waals surface area contributed by atoms with Gasteiger partial charge in [-0.15, -0.1) is 0 Å². The second kappa shape index (κ2) is 5.20. The van der Waals surface area contributed by atoms with Gasteiger partial charge < -0.3 is 14.7 Å². The van der Waals surface area contributed by atoms with Crippen LogP contribution in [-0.2, 0) is 4.74 Å². The Kier molecular flexibility index (Phi) is 3.76. The molecule has 110 valence electrons. The molecule has 1 aromatic carbocycles. The Hall–Kier alpha value is -1.95. The molecule has 1 fully saturated rings. The zero-order valence-corrected chi connectivity index (χ0v) is 11.8. The number of nitrogens with one attached hydrogen (secondary N) is 1. The van der Waals surface area contributed by atoms with Gasteiger partial charge in [0.05, 0.1) is 5.69 Å². The highest BCUT2D eigenvalue weighted by Crippen LogP contribution is 2.32. The van der Waals surface area contributed by atoms with Gasteiger partial charge in [0.15, 0.2) is 0 Å². The number of carbonyl (C=O) groups is 1. The largest absolute Gasteiger partial charge is 0.871 e. The van der Waals surface area contributed by atoms with Gasteiger partial charge in [0.25, 0.3) is 0 Å². The van der Waals surface area contributed by atoms with Crippen LogP contribution in [0.1, 0.15) is 32.3 Å². The minimum atomic E-state index is -0.500. The standard InChI is InChI=1S/C14H20N2O4/c1-14(2,3)20-13(18)16-7-10(8-16)9-4-5-12(17)11(6-9)15-19/h4-6,10,15,17,19H,7-8H2,1-3H3/p-1. The summed E-state index contributed by atoms with van der Waals surface area (Å²) < 4.78 is 5.27.